The van der Waals surface area contributed by atoms with Crippen molar-refractivity contribution in [2.24, 2.45) is 0 Å². The Morgan fingerprint density at radius 3 is 2.91 bits per heavy atom. The van der Waals surface area contributed by atoms with Crippen LogP contribution in [-0.2, 0) is 6.54 Å². The molecule has 0 bridgehead atoms. The molecular weight excluding hydrogens is 278 g/mol. The van der Waals surface area contributed by atoms with Gasteiger partial charge in [-0.3, -0.25) is 4.79 Å². The van der Waals surface area contributed by atoms with Crippen LogP contribution in [0, 0.1) is 0 Å². The first-order valence-corrected chi connectivity index (χ1v) is 7.20. The van der Waals surface area contributed by atoms with Crippen LogP contribution in [0.5, 0.6) is 0 Å². The SMILES string of the molecule is CCNC(=O)c1ccc(NCc2ccc3occc3c2)nc1. The summed E-state index contributed by atoms with van der Waals surface area (Å²) in [4.78, 5) is 15.9. The molecule has 3 rings (SSSR count). The van der Waals surface area contributed by atoms with Gasteiger partial charge >= 0.3 is 0 Å². The van der Waals surface area contributed by atoms with Gasteiger partial charge in [0, 0.05) is 24.7 Å². The number of nitrogens with one attached hydrogen (secondary N) is 2. The number of aromatic nitrogens is 1. The summed E-state index contributed by atoms with van der Waals surface area (Å²) in [5, 5.41) is 7.07. The average Bonchev–Trinajstić information content (AvgIpc) is 3.01. The van der Waals surface area contributed by atoms with E-state index >= 15 is 0 Å². The number of hydrogen-bond acceptors (Lipinski definition) is 4. The lowest BCUT2D eigenvalue weighted by Crippen LogP contribution is -2.22. The molecule has 0 atom stereocenters. The highest BCUT2D eigenvalue weighted by Gasteiger charge is 2.04. The maximum Gasteiger partial charge on any atom is 0.252 e. The summed E-state index contributed by atoms with van der Waals surface area (Å²) >= 11 is 0. The molecule has 0 aliphatic rings. The Hall–Kier alpha value is -2.82. The predicted octanol–water partition coefficient (Wildman–Crippen LogP) is 3.19. The molecule has 0 saturated carbocycles. The highest BCUT2D eigenvalue weighted by Crippen LogP contribution is 2.17. The highest BCUT2D eigenvalue weighted by atomic mass is 16.3. The summed E-state index contributed by atoms with van der Waals surface area (Å²) in [6.45, 7) is 3.15. The van der Waals surface area contributed by atoms with E-state index in [2.05, 4.69) is 21.7 Å². The molecular formula is C17H17N3O2. The lowest BCUT2D eigenvalue weighted by Gasteiger charge is -2.07. The molecule has 0 aliphatic heterocycles. The van der Waals surface area contributed by atoms with Crippen LogP contribution in [-0.4, -0.2) is 17.4 Å². The Balaban J connectivity index is 1.64. The van der Waals surface area contributed by atoms with Gasteiger partial charge in [0.05, 0.1) is 11.8 Å². The second-order valence-electron chi connectivity index (χ2n) is 4.94. The molecule has 5 heteroatoms. The van der Waals surface area contributed by atoms with E-state index in [-0.39, 0.29) is 5.91 Å². The molecule has 22 heavy (non-hydrogen) atoms. The third-order valence-electron chi connectivity index (χ3n) is 3.35. The van der Waals surface area contributed by atoms with Crippen LogP contribution < -0.4 is 10.6 Å². The van der Waals surface area contributed by atoms with Gasteiger partial charge in [-0.15, -0.1) is 0 Å². The lowest BCUT2D eigenvalue weighted by atomic mass is 10.1. The molecule has 112 valence electrons. The van der Waals surface area contributed by atoms with E-state index < -0.39 is 0 Å². The van der Waals surface area contributed by atoms with Crippen molar-refractivity contribution in [3.8, 4) is 0 Å². The van der Waals surface area contributed by atoms with Gasteiger partial charge in [-0.1, -0.05) is 6.07 Å². The lowest BCUT2D eigenvalue weighted by molar-refractivity contribution is 0.0955. The number of benzene rings is 1. The summed E-state index contributed by atoms with van der Waals surface area (Å²) in [6.07, 6.45) is 3.26. The average molecular weight is 295 g/mol. The van der Waals surface area contributed by atoms with Crippen molar-refractivity contribution in [1.82, 2.24) is 10.3 Å². The van der Waals surface area contributed by atoms with Gasteiger partial charge in [0.1, 0.15) is 11.4 Å². The third kappa shape index (κ3) is 3.09. The minimum Gasteiger partial charge on any atom is -0.464 e. The summed E-state index contributed by atoms with van der Waals surface area (Å²) in [7, 11) is 0. The number of amides is 1. The van der Waals surface area contributed by atoms with Gasteiger partial charge < -0.3 is 15.1 Å². The number of furan rings is 1. The molecule has 2 heterocycles. The first-order chi connectivity index (χ1) is 10.8. The Morgan fingerprint density at radius 2 is 2.14 bits per heavy atom. The zero-order chi connectivity index (χ0) is 15.4. The molecule has 2 N–H and O–H groups in total. The van der Waals surface area contributed by atoms with Gasteiger partial charge in [0.25, 0.3) is 5.91 Å². The number of fused-ring (bicyclic) bond motifs is 1. The number of pyridine rings is 1. The molecule has 0 fully saturated rings. The van der Waals surface area contributed by atoms with Gasteiger partial charge in [-0.05, 0) is 42.8 Å². The maximum absolute atomic E-state index is 11.7. The Morgan fingerprint density at radius 1 is 1.23 bits per heavy atom. The minimum absolute atomic E-state index is 0.105. The predicted molar refractivity (Wildman–Crippen MR) is 85.8 cm³/mol. The first kappa shape index (κ1) is 14.1. The van der Waals surface area contributed by atoms with Crippen molar-refractivity contribution in [3.05, 3.63) is 60.0 Å². The van der Waals surface area contributed by atoms with Gasteiger partial charge in [-0.2, -0.15) is 0 Å². The summed E-state index contributed by atoms with van der Waals surface area (Å²) in [5.41, 5.74) is 2.59. The van der Waals surface area contributed by atoms with Crippen LogP contribution in [0.15, 0.2) is 53.3 Å². The van der Waals surface area contributed by atoms with Crippen molar-refractivity contribution in [2.75, 3.05) is 11.9 Å². The zero-order valence-electron chi connectivity index (χ0n) is 12.3. The number of rotatable bonds is 5. The van der Waals surface area contributed by atoms with E-state index in [1.54, 1.807) is 24.6 Å². The molecule has 0 unspecified atom stereocenters. The highest BCUT2D eigenvalue weighted by molar-refractivity contribution is 5.93. The molecule has 0 aliphatic carbocycles. The number of hydrogen-bond donors (Lipinski definition) is 2. The Bertz CT molecular complexity index is 778. The summed E-state index contributed by atoms with van der Waals surface area (Å²) in [5.74, 6) is 0.632. The molecule has 0 saturated heterocycles. The van der Waals surface area contributed by atoms with Crippen molar-refractivity contribution in [2.45, 2.75) is 13.5 Å². The fourth-order valence-electron chi connectivity index (χ4n) is 2.21. The van der Waals surface area contributed by atoms with Crippen molar-refractivity contribution in [3.63, 3.8) is 0 Å². The van der Waals surface area contributed by atoms with E-state index in [1.807, 2.05) is 25.1 Å². The topological polar surface area (TPSA) is 67.2 Å². The molecule has 3 aromatic rings. The second kappa shape index (κ2) is 6.30. The fourth-order valence-corrected chi connectivity index (χ4v) is 2.21. The normalized spacial score (nSPS) is 10.6. The maximum atomic E-state index is 11.7. The number of anilines is 1. The van der Waals surface area contributed by atoms with Crippen LogP contribution in [0.25, 0.3) is 11.0 Å². The van der Waals surface area contributed by atoms with Crippen molar-refractivity contribution >= 4 is 22.7 Å². The second-order valence-corrected chi connectivity index (χ2v) is 4.94. The zero-order valence-corrected chi connectivity index (χ0v) is 12.3. The van der Waals surface area contributed by atoms with Crippen LogP contribution in [0.3, 0.4) is 0 Å². The van der Waals surface area contributed by atoms with E-state index in [0.717, 1.165) is 22.4 Å². The van der Waals surface area contributed by atoms with Crippen LogP contribution >= 0.6 is 0 Å². The van der Waals surface area contributed by atoms with E-state index in [1.165, 1.54) is 0 Å². The Kier molecular flexibility index (Phi) is 4.05. The summed E-state index contributed by atoms with van der Waals surface area (Å²) < 4.78 is 5.32. The largest absolute Gasteiger partial charge is 0.464 e. The van der Waals surface area contributed by atoms with E-state index in [9.17, 15) is 4.79 Å². The van der Waals surface area contributed by atoms with Gasteiger partial charge in [0.2, 0.25) is 0 Å². The minimum atomic E-state index is -0.105. The molecule has 5 nitrogen and oxygen atoms in total. The van der Waals surface area contributed by atoms with Crippen LogP contribution in [0.1, 0.15) is 22.8 Å². The van der Waals surface area contributed by atoms with Gasteiger partial charge in [-0.25, -0.2) is 4.98 Å². The quantitative estimate of drug-likeness (QED) is 0.758. The van der Waals surface area contributed by atoms with Gasteiger partial charge in [0.15, 0.2) is 0 Å². The van der Waals surface area contributed by atoms with Crippen LogP contribution in [0.2, 0.25) is 0 Å². The molecule has 1 aromatic carbocycles. The Labute approximate surface area is 128 Å². The summed E-state index contributed by atoms with van der Waals surface area (Å²) in [6, 6.07) is 11.6. The van der Waals surface area contributed by atoms with Crippen molar-refractivity contribution in [1.29, 1.82) is 0 Å². The molecule has 2 aromatic heterocycles. The molecule has 0 spiro atoms. The van der Waals surface area contributed by atoms with E-state index in [4.69, 9.17) is 4.42 Å². The first-order valence-electron chi connectivity index (χ1n) is 7.20. The standard InChI is InChI=1S/C17H17N3O2/c1-2-18-17(21)14-4-6-16(20-11-14)19-10-12-3-5-15-13(9-12)7-8-22-15/h3-9,11H,2,10H2,1H3,(H,18,21)(H,19,20). The molecule has 1 amide bonds. The van der Waals surface area contributed by atoms with Crippen molar-refractivity contribution < 1.29 is 9.21 Å². The van der Waals surface area contributed by atoms with E-state index in [0.29, 0.717) is 18.7 Å². The number of nitrogens with zero attached hydrogens (tertiary/aromatic N) is 1. The number of carbonyl (C=O) groups excluding carboxylic acids is 1. The monoisotopic (exact) mass is 295 g/mol. The number of carbonyl (C=O) groups is 1. The van der Waals surface area contributed by atoms with Crippen LogP contribution in [0.4, 0.5) is 5.82 Å². The smallest absolute Gasteiger partial charge is 0.252 e. The third-order valence-corrected chi connectivity index (χ3v) is 3.35. The fraction of sp³-hybridized carbons (Fsp3) is 0.176. The molecule has 0 radical (unpaired) electrons.